The minimum atomic E-state index is 1.02. The Morgan fingerprint density at radius 2 is 1.33 bits per heavy atom. The van der Waals surface area contributed by atoms with E-state index in [4.69, 9.17) is 4.98 Å². The van der Waals surface area contributed by atoms with Crippen molar-refractivity contribution < 1.29 is 0 Å². The number of hydrogen-bond donors (Lipinski definition) is 0. The molecule has 0 atom stereocenters. The average Bonchev–Trinajstić information content (AvgIpc) is 3.54. The fraction of sp³-hybridized carbons (Fsp3) is 0. The van der Waals surface area contributed by atoms with Crippen LogP contribution in [0.5, 0.6) is 0 Å². The molecule has 8 aromatic rings. The molecule has 0 saturated heterocycles. The molecule has 3 aromatic heterocycles. The maximum absolute atomic E-state index is 5.08. The minimum absolute atomic E-state index is 1.02. The quantitative estimate of drug-likeness (QED) is 0.241. The van der Waals surface area contributed by atoms with E-state index in [2.05, 4.69) is 102 Å². The topological polar surface area (TPSA) is 17.8 Å². The van der Waals surface area contributed by atoms with E-state index in [1.54, 1.807) is 11.3 Å². The van der Waals surface area contributed by atoms with Gasteiger partial charge in [0, 0.05) is 26.2 Å². The van der Waals surface area contributed by atoms with Crippen LogP contribution < -0.4 is 0 Å². The van der Waals surface area contributed by atoms with Crippen LogP contribution in [0.1, 0.15) is 0 Å². The third-order valence-corrected chi connectivity index (χ3v) is 8.85. The first kappa shape index (κ1) is 17.8. The van der Waals surface area contributed by atoms with E-state index in [1.807, 2.05) is 11.3 Å². The first-order chi connectivity index (χ1) is 16.4. The molecule has 4 heteroatoms. The fourth-order valence-corrected chi connectivity index (χ4v) is 7.43. The molecule has 0 radical (unpaired) electrons. The van der Waals surface area contributed by atoms with E-state index in [0.29, 0.717) is 0 Å². The molecule has 0 unspecified atom stereocenters. The number of thiazole rings is 1. The number of fused-ring (bicyclic) bond motifs is 10. The van der Waals surface area contributed by atoms with Crippen molar-refractivity contribution in [3.63, 3.8) is 0 Å². The highest BCUT2D eigenvalue weighted by molar-refractivity contribution is 7.26. The zero-order chi connectivity index (χ0) is 21.5. The van der Waals surface area contributed by atoms with E-state index in [0.717, 1.165) is 10.6 Å². The third-order valence-electron chi connectivity index (χ3n) is 6.64. The molecule has 8 rings (SSSR count). The molecule has 0 aliphatic rings. The van der Waals surface area contributed by atoms with Gasteiger partial charge in [0.15, 0.2) is 5.13 Å². The van der Waals surface area contributed by atoms with Gasteiger partial charge >= 0.3 is 0 Å². The van der Waals surface area contributed by atoms with Crippen LogP contribution in [0.3, 0.4) is 0 Å². The van der Waals surface area contributed by atoms with Crippen LogP contribution in [-0.4, -0.2) is 9.55 Å². The summed E-state index contributed by atoms with van der Waals surface area (Å²) in [5.41, 5.74) is 3.53. The maximum atomic E-state index is 5.08. The Bertz CT molecular complexity index is 2000. The molecule has 0 amide bonds. The number of nitrogens with zero attached hydrogens (tertiary/aromatic N) is 2. The third kappa shape index (κ3) is 2.34. The molecule has 0 bridgehead atoms. The molecule has 0 spiro atoms. The first-order valence-electron chi connectivity index (χ1n) is 11.0. The van der Waals surface area contributed by atoms with Crippen molar-refractivity contribution in [3.05, 3.63) is 97.1 Å². The van der Waals surface area contributed by atoms with Gasteiger partial charge in [-0.15, -0.1) is 11.3 Å². The van der Waals surface area contributed by atoms with Crippen molar-refractivity contribution in [1.29, 1.82) is 0 Å². The summed E-state index contributed by atoms with van der Waals surface area (Å²) in [6.45, 7) is 0. The summed E-state index contributed by atoms with van der Waals surface area (Å²) in [7, 11) is 0. The first-order valence-corrected chi connectivity index (χ1v) is 12.6. The molecule has 3 heterocycles. The second kappa shape index (κ2) is 6.41. The van der Waals surface area contributed by atoms with Crippen molar-refractivity contribution in [2.75, 3.05) is 0 Å². The Balaban J connectivity index is 1.66. The molecule has 0 N–H and O–H groups in total. The Hall–Kier alpha value is -3.73. The van der Waals surface area contributed by atoms with Gasteiger partial charge in [-0.1, -0.05) is 84.1 Å². The van der Waals surface area contributed by atoms with E-state index < -0.39 is 0 Å². The predicted molar refractivity (Wildman–Crippen MR) is 144 cm³/mol. The summed E-state index contributed by atoms with van der Waals surface area (Å²) < 4.78 is 6.27. The van der Waals surface area contributed by atoms with Gasteiger partial charge < -0.3 is 0 Å². The monoisotopic (exact) mass is 456 g/mol. The minimum Gasteiger partial charge on any atom is -0.284 e. The number of aromatic nitrogens is 2. The Labute approximate surface area is 196 Å². The normalized spacial score (nSPS) is 12.2. The van der Waals surface area contributed by atoms with Gasteiger partial charge in [0.05, 0.1) is 25.9 Å². The zero-order valence-corrected chi connectivity index (χ0v) is 19.1. The summed E-state index contributed by atoms with van der Waals surface area (Å²) in [5.74, 6) is 0. The van der Waals surface area contributed by atoms with Gasteiger partial charge in [0.1, 0.15) is 0 Å². The molecular weight excluding hydrogens is 440 g/mol. The summed E-state index contributed by atoms with van der Waals surface area (Å²) >= 11 is 3.65. The summed E-state index contributed by atoms with van der Waals surface area (Å²) in [6.07, 6.45) is 0. The lowest BCUT2D eigenvalue weighted by atomic mass is 10.0. The largest absolute Gasteiger partial charge is 0.284 e. The number of thiophene rings is 1. The highest BCUT2D eigenvalue weighted by atomic mass is 32.1. The van der Waals surface area contributed by atoms with Gasteiger partial charge in [-0.25, -0.2) is 4.98 Å². The van der Waals surface area contributed by atoms with Crippen molar-refractivity contribution in [2.45, 2.75) is 0 Å². The lowest BCUT2D eigenvalue weighted by Crippen LogP contribution is -1.92. The predicted octanol–water partition coefficient (Wildman–Crippen LogP) is 8.91. The van der Waals surface area contributed by atoms with E-state index >= 15 is 0 Å². The molecule has 0 aliphatic carbocycles. The second-order valence-electron chi connectivity index (χ2n) is 8.42. The van der Waals surface area contributed by atoms with Crippen LogP contribution in [-0.2, 0) is 0 Å². The Morgan fingerprint density at radius 3 is 2.24 bits per heavy atom. The number of para-hydroxylation sites is 1. The van der Waals surface area contributed by atoms with Crippen LogP contribution in [0.25, 0.3) is 68.1 Å². The van der Waals surface area contributed by atoms with Gasteiger partial charge in [0.25, 0.3) is 0 Å². The molecule has 0 fully saturated rings. The number of rotatable bonds is 1. The van der Waals surface area contributed by atoms with Crippen LogP contribution in [0.15, 0.2) is 97.1 Å². The zero-order valence-electron chi connectivity index (χ0n) is 17.4. The van der Waals surface area contributed by atoms with Crippen molar-refractivity contribution >= 4 is 85.6 Å². The number of benzene rings is 5. The van der Waals surface area contributed by atoms with Crippen LogP contribution in [0.2, 0.25) is 0 Å². The SMILES string of the molecule is c1ccc2c(c1)ccc1c2c2ccc3c4ccccc4sc3c2n1-c1nc2ccccc2s1. The smallest absolute Gasteiger partial charge is 0.195 e. The lowest BCUT2D eigenvalue weighted by molar-refractivity contribution is 1.16. The van der Waals surface area contributed by atoms with Crippen molar-refractivity contribution in [1.82, 2.24) is 9.55 Å². The molecule has 2 nitrogen and oxygen atoms in total. The van der Waals surface area contributed by atoms with Gasteiger partial charge in [-0.2, -0.15) is 0 Å². The summed E-state index contributed by atoms with van der Waals surface area (Å²) in [5, 5.41) is 8.83. The van der Waals surface area contributed by atoms with Crippen LogP contribution in [0.4, 0.5) is 0 Å². The van der Waals surface area contributed by atoms with E-state index in [-0.39, 0.29) is 0 Å². The van der Waals surface area contributed by atoms with Gasteiger partial charge in [0.2, 0.25) is 0 Å². The van der Waals surface area contributed by atoms with Gasteiger partial charge in [-0.3, -0.25) is 4.57 Å². The lowest BCUT2D eigenvalue weighted by Gasteiger charge is -2.04. The molecule has 0 saturated carbocycles. The van der Waals surface area contributed by atoms with Crippen LogP contribution in [0, 0.1) is 0 Å². The van der Waals surface area contributed by atoms with Crippen LogP contribution >= 0.6 is 22.7 Å². The summed E-state index contributed by atoms with van der Waals surface area (Å²) in [6, 6.07) is 35.0. The molecular formula is C29H16N2S2. The van der Waals surface area contributed by atoms with E-state index in [1.165, 1.54) is 57.5 Å². The maximum Gasteiger partial charge on any atom is 0.195 e. The second-order valence-corrected chi connectivity index (χ2v) is 10.5. The number of hydrogen-bond acceptors (Lipinski definition) is 3. The van der Waals surface area contributed by atoms with Crippen molar-refractivity contribution in [2.24, 2.45) is 0 Å². The fourth-order valence-electron chi connectivity index (χ4n) is 5.20. The molecule has 33 heavy (non-hydrogen) atoms. The Morgan fingerprint density at radius 1 is 0.576 bits per heavy atom. The summed E-state index contributed by atoms with van der Waals surface area (Å²) in [4.78, 5) is 5.08. The molecule has 5 aromatic carbocycles. The molecule has 0 aliphatic heterocycles. The van der Waals surface area contributed by atoms with Gasteiger partial charge in [-0.05, 0) is 35.0 Å². The molecule has 154 valence electrons. The highest BCUT2D eigenvalue weighted by Gasteiger charge is 2.20. The Kier molecular flexibility index (Phi) is 3.45. The van der Waals surface area contributed by atoms with Crippen molar-refractivity contribution in [3.8, 4) is 5.13 Å². The van der Waals surface area contributed by atoms with E-state index in [9.17, 15) is 0 Å². The standard InChI is InChI=1S/C29H16N2S2/c1-2-8-18-17(7-1)13-16-23-26(18)21-15-14-20-19-9-3-5-11-24(19)32-28(20)27(21)31(23)29-30-22-10-4-6-12-25(22)33-29/h1-16H. The highest BCUT2D eigenvalue weighted by Crippen LogP contribution is 2.45. The average molecular weight is 457 g/mol.